The van der Waals surface area contributed by atoms with Gasteiger partial charge in [-0.2, -0.15) is 0 Å². The van der Waals surface area contributed by atoms with E-state index in [9.17, 15) is 0 Å². The van der Waals surface area contributed by atoms with E-state index in [2.05, 4.69) is 38.2 Å². The third-order valence-electron chi connectivity index (χ3n) is 5.74. The summed E-state index contributed by atoms with van der Waals surface area (Å²) in [5.41, 5.74) is 1.04. The Labute approximate surface area is 114 Å². The second-order valence-corrected chi connectivity index (χ2v) is 7.57. The minimum atomic E-state index is 0.266. The molecule has 0 amide bonds. The first-order valence-electron chi connectivity index (χ1n) is 7.84. The fourth-order valence-electron chi connectivity index (χ4n) is 3.61. The van der Waals surface area contributed by atoms with Gasteiger partial charge in [0.05, 0.1) is 0 Å². The molecule has 1 N–H and O–H groups in total. The smallest absolute Gasteiger partial charge is 0.0271 e. The van der Waals surface area contributed by atoms with Crippen LogP contribution in [0.3, 0.4) is 0 Å². The molecule has 0 unspecified atom stereocenters. The summed E-state index contributed by atoms with van der Waals surface area (Å²) in [6, 6.07) is 0.774. The number of hydrogen-bond acceptors (Lipinski definition) is 2. The molecule has 2 fully saturated rings. The second kappa shape index (κ2) is 5.50. The molecule has 0 radical (unpaired) electrons. The Kier molecular flexibility index (Phi) is 4.38. The van der Waals surface area contributed by atoms with Gasteiger partial charge in [0, 0.05) is 18.1 Å². The number of likely N-dealkylation sites (N-methyl/N-ethyl adjacent to an activating group) is 1. The van der Waals surface area contributed by atoms with Gasteiger partial charge in [0.1, 0.15) is 0 Å². The van der Waals surface area contributed by atoms with Crippen molar-refractivity contribution < 1.29 is 0 Å². The predicted octanol–water partition coefficient (Wildman–Crippen LogP) is 3.42. The van der Waals surface area contributed by atoms with Crippen molar-refractivity contribution in [2.45, 2.75) is 76.8 Å². The maximum Gasteiger partial charge on any atom is 0.0271 e. The van der Waals surface area contributed by atoms with Gasteiger partial charge in [-0.1, -0.05) is 12.8 Å². The minimum Gasteiger partial charge on any atom is -0.312 e. The van der Waals surface area contributed by atoms with Crippen LogP contribution < -0.4 is 5.32 Å². The normalized spacial score (nSPS) is 25.2. The topological polar surface area (TPSA) is 15.3 Å². The van der Waals surface area contributed by atoms with E-state index in [-0.39, 0.29) is 5.54 Å². The van der Waals surface area contributed by atoms with Crippen LogP contribution >= 0.6 is 0 Å². The van der Waals surface area contributed by atoms with Crippen LogP contribution in [0.2, 0.25) is 0 Å². The van der Waals surface area contributed by atoms with Gasteiger partial charge in [-0.15, -0.1) is 0 Å². The van der Waals surface area contributed by atoms with Gasteiger partial charge in [0.25, 0.3) is 0 Å². The van der Waals surface area contributed by atoms with Crippen LogP contribution in [0.4, 0.5) is 0 Å². The molecule has 2 nitrogen and oxygen atoms in total. The van der Waals surface area contributed by atoms with E-state index in [1.807, 2.05) is 0 Å². The maximum atomic E-state index is 3.81. The molecule has 2 rings (SSSR count). The summed E-state index contributed by atoms with van der Waals surface area (Å²) in [7, 11) is 4.35. The summed E-state index contributed by atoms with van der Waals surface area (Å²) in [5, 5.41) is 3.81. The molecule has 2 aliphatic rings. The first-order valence-corrected chi connectivity index (χ1v) is 7.84. The van der Waals surface area contributed by atoms with Gasteiger partial charge in [-0.3, -0.25) is 0 Å². The Bertz CT molecular complexity index is 254. The van der Waals surface area contributed by atoms with Crippen molar-refractivity contribution in [3.63, 3.8) is 0 Å². The van der Waals surface area contributed by atoms with E-state index in [0.29, 0.717) is 0 Å². The highest BCUT2D eigenvalue weighted by Crippen LogP contribution is 2.48. The lowest BCUT2D eigenvalue weighted by molar-refractivity contribution is 0.144. The highest BCUT2D eigenvalue weighted by molar-refractivity contribution is 4.92. The van der Waals surface area contributed by atoms with Crippen molar-refractivity contribution >= 4 is 0 Å². The van der Waals surface area contributed by atoms with Crippen molar-refractivity contribution in [1.82, 2.24) is 10.2 Å². The van der Waals surface area contributed by atoms with Crippen molar-refractivity contribution in [3.8, 4) is 0 Å². The molecule has 0 aromatic rings. The van der Waals surface area contributed by atoms with E-state index in [1.165, 1.54) is 51.4 Å². The van der Waals surface area contributed by atoms with Crippen LogP contribution in [0.1, 0.15) is 65.2 Å². The Morgan fingerprint density at radius 3 is 2.11 bits per heavy atom. The van der Waals surface area contributed by atoms with Crippen molar-refractivity contribution in [1.29, 1.82) is 0 Å². The van der Waals surface area contributed by atoms with E-state index >= 15 is 0 Å². The van der Waals surface area contributed by atoms with Gasteiger partial charge in [-0.25, -0.2) is 0 Å². The first-order chi connectivity index (χ1) is 8.44. The number of nitrogens with zero attached hydrogens (tertiary/aromatic N) is 1. The van der Waals surface area contributed by atoms with Crippen LogP contribution in [0.15, 0.2) is 0 Å². The average molecular weight is 252 g/mol. The molecule has 18 heavy (non-hydrogen) atoms. The lowest BCUT2D eigenvalue weighted by atomic mass is 9.71. The molecule has 106 valence electrons. The second-order valence-electron chi connectivity index (χ2n) is 7.57. The van der Waals surface area contributed by atoms with Crippen LogP contribution in [0.25, 0.3) is 0 Å². The standard InChI is InChI=1S/C16H32N2/c1-15(2,18(3)4)13-17-14-7-11-16(12-8-14)9-5-6-10-16/h14,17H,5-13H2,1-4H3. The molecule has 1 spiro atoms. The summed E-state index contributed by atoms with van der Waals surface area (Å²) in [6.45, 7) is 5.75. The van der Waals surface area contributed by atoms with Gasteiger partial charge in [0.2, 0.25) is 0 Å². The van der Waals surface area contributed by atoms with Gasteiger partial charge in [0.15, 0.2) is 0 Å². The molecule has 2 saturated carbocycles. The molecule has 2 aliphatic carbocycles. The monoisotopic (exact) mass is 252 g/mol. The zero-order valence-corrected chi connectivity index (χ0v) is 12.9. The summed E-state index contributed by atoms with van der Waals surface area (Å²) in [5.74, 6) is 0. The van der Waals surface area contributed by atoms with Crippen LogP contribution in [0.5, 0.6) is 0 Å². The van der Waals surface area contributed by atoms with Crippen molar-refractivity contribution in [2.24, 2.45) is 5.41 Å². The number of nitrogens with one attached hydrogen (secondary N) is 1. The average Bonchev–Trinajstić information content (AvgIpc) is 2.77. The zero-order valence-electron chi connectivity index (χ0n) is 12.9. The molecule has 0 aromatic carbocycles. The Balaban J connectivity index is 1.74. The lowest BCUT2D eigenvalue weighted by Crippen LogP contribution is -2.50. The minimum absolute atomic E-state index is 0.266. The van der Waals surface area contributed by atoms with Crippen molar-refractivity contribution in [2.75, 3.05) is 20.6 Å². The quantitative estimate of drug-likeness (QED) is 0.825. The lowest BCUT2D eigenvalue weighted by Gasteiger charge is -2.40. The molecular weight excluding hydrogens is 220 g/mol. The summed E-state index contributed by atoms with van der Waals surface area (Å²) in [6.07, 6.45) is 11.8. The van der Waals surface area contributed by atoms with Crippen LogP contribution in [-0.2, 0) is 0 Å². The van der Waals surface area contributed by atoms with Gasteiger partial charge >= 0.3 is 0 Å². The summed E-state index contributed by atoms with van der Waals surface area (Å²) < 4.78 is 0. The first kappa shape index (κ1) is 14.3. The Morgan fingerprint density at radius 1 is 1.06 bits per heavy atom. The summed E-state index contributed by atoms with van der Waals surface area (Å²) >= 11 is 0. The highest BCUT2D eigenvalue weighted by Gasteiger charge is 2.37. The molecule has 0 saturated heterocycles. The summed E-state index contributed by atoms with van der Waals surface area (Å²) in [4.78, 5) is 2.32. The van der Waals surface area contributed by atoms with Crippen LogP contribution in [0, 0.1) is 5.41 Å². The zero-order chi connectivity index (χ0) is 13.2. The molecule has 2 heteroatoms. The molecule has 0 aliphatic heterocycles. The number of hydrogen-bond donors (Lipinski definition) is 1. The molecule has 0 heterocycles. The fourth-order valence-corrected chi connectivity index (χ4v) is 3.61. The fraction of sp³-hybridized carbons (Fsp3) is 1.00. The molecule has 0 bridgehead atoms. The SMILES string of the molecule is CN(C)C(C)(C)CNC1CCC2(CCCC2)CC1. The van der Waals surface area contributed by atoms with Gasteiger partial charge < -0.3 is 10.2 Å². The molecule has 0 atom stereocenters. The van der Waals surface area contributed by atoms with Gasteiger partial charge in [-0.05, 0) is 71.9 Å². The van der Waals surface area contributed by atoms with E-state index in [1.54, 1.807) is 0 Å². The molecular formula is C16H32N2. The molecule has 0 aromatic heterocycles. The highest BCUT2D eigenvalue weighted by atomic mass is 15.2. The number of rotatable bonds is 4. The van der Waals surface area contributed by atoms with E-state index in [4.69, 9.17) is 0 Å². The van der Waals surface area contributed by atoms with Crippen LogP contribution in [-0.4, -0.2) is 37.1 Å². The largest absolute Gasteiger partial charge is 0.312 e. The van der Waals surface area contributed by atoms with Crippen molar-refractivity contribution in [3.05, 3.63) is 0 Å². The third-order valence-corrected chi connectivity index (χ3v) is 5.74. The third kappa shape index (κ3) is 3.27. The predicted molar refractivity (Wildman–Crippen MR) is 78.9 cm³/mol. The maximum absolute atomic E-state index is 3.81. The Hall–Kier alpha value is -0.0800. The van der Waals surface area contributed by atoms with E-state index < -0.39 is 0 Å². The van der Waals surface area contributed by atoms with E-state index in [0.717, 1.165) is 18.0 Å². The Morgan fingerprint density at radius 2 is 1.61 bits per heavy atom.